The molecule has 0 atom stereocenters. The van der Waals surface area contributed by atoms with Gasteiger partial charge in [-0.1, -0.05) is 26.0 Å². The first-order valence-electron chi connectivity index (χ1n) is 6.29. The number of anilines is 1. The Bertz CT molecular complexity index is 373. The summed E-state index contributed by atoms with van der Waals surface area (Å²) in [4.78, 5) is 13.1. The number of hydrogen-bond donors (Lipinski definition) is 2. The Morgan fingerprint density at radius 2 is 1.94 bits per heavy atom. The maximum absolute atomic E-state index is 11.1. The SMILES string of the molecule is CNCc1ccc(N(CC(N)=O)CC(C)C)cc1. The molecule has 0 saturated heterocycles. The first kappa shape index (κ1) is 14.5. The molecule has 4 nitrogen and oxygen atoms in total. The van der Waals surface area contributed by atoms with Crippen LogP contribution in [0.25, 0.3) is 0 Å². The summed E-state index contributed by atoms with van der Waals surface area (Å²) in [6.45, 7) is 6.20. The summed E-state index contributed by atoms with van der Waals surface area (Å²) in [6, 6.07) is 8.22. The molecule has 18 heavy (non-hydrogen) atoms. The number of primary amides is 1. The Hall–Kier alpha value is -1.55. The molecule has 0 saturated carbocycles. The minimum Gasteiger partial charge on any atom is -0.368 e. The lowest BCUT2D eigenvalue weighted by atomic mass is 10.1. The molecule has 0 bridgehead atoms. The van der Waals surface area contributed by atoms with Gasteiger partial charge in [0.15, 0.2) is 0 Å². The lowest BCUT2D eigenvalue weighted by molar-refractivity contribution is -0.116. The summed E-state index contributed by atoms with van der Waals surface area (Å²) in [5.74, 6) is 0.191. The highest BCUT2D eigenvalue weighted by Gasteiger charge is 2.11. The Morgan fingerprint density at radius 1 is 1.33 bits per heavy atom. The van der Waals surface area contributed by atoms with Crippen LogP contribution in [-0.4, -0.2) is 26.0 Å². The summed E-state index contributed by atoms with van der Waals surface area (Å²) in [6.07, 6.45) is 0. The second-order valence-electron chi connectivity index (χ2n) is 4.94. The van der Waals surface area contributed by atoms with Crippen LogP contribution in [0.3, 0.4) is 0 Å². The van der Waals surface area contributed by atoms with E-state index in [9.17, 15) is 4.79 Å². The van der Waals surface area contributed by atoms with Crippen LogP contribution >= 0.6 is 0 Å². The molecule has 0 spiro atoms. The highest BCUT2D eigenvalue weighted by atomic mass is 16.1. The highest BCUT2D eigenvalue weighted by molar-refractivity contribution is 5.79. The van der Waals surface area contributed by atoms with Crippen LogP contribution in [0, 0.1) is 5.92 Å². The van der Waals surface area contributed by atoms with Gasteiger partial charge in [-0.25, -0.2) is 0 Å². The van der Waals surface area contributed by atoms with Gasteiger partial charge in [-0.05, 0) is 30.7 Å². The van der Waals surface area contributed by atoms with Crippen molar-refractivity contribution in [3.8, 4) is 0 Å². The maximum Gasteiger partial charge on any atom is 0.236 e. The number of nitrogens with two attached hydrogens (primary N) is 1. The molecule has 1 amide bonds. The van der Waals surface area contributed by atoms with E-state index in [2.05, 4.69) is 31.3 Å². The van der Waals surface area contributed by atoms with E-state index in [0.29, 0.717) is 5.92 Å². The van der Waals surface area contributed by atoms with Crippen LogP contribution in [-0.2, 0) is 11.3 Å². The molecule has 0 unspecified atom stereocenters. The van der Waals surface area contributed by atoms with Gasteiger partial charge in [-0.15, -0.1) is 0 Å². The number of benzene rings is 1. The van der Waals surface area contributed by atoms with Crippen molar-refractivity contribution < 1.29 is 4.79 Å². The Morgan fingerprint density at radius 3 is 2.39 bits per heavy atom. The van der Waals surface area contributed by atoms with Gasteiger partial charge in [0.05, 0.1) is 6.54 Å². The summed E-state index contributed by atoms with van der Waals surface area (Å²) < 4.78 is 0. The Kier molecular flexibility index (Phi) is 5.65. The zero-order chi connectivity index (χ0) is 13.5. The van der Waals surface area contributed by atoms with Crippen molar-refractivity contribution in [3.05, 3.63) is 29.8 Å². The smallest absolute Gasteiger partial charge is 0.236 e. The predicted octanol–water partition coefficient (Wildman–Crippen LogP) is 1.35. The molecule has 0 radical (unpaired) electrons. The molecule has 0 aliphatic carbocycles. The van der Waals surface area contributed by atoms with Crippen molar-refractivity contribution in [3.63, 3.8) is 0 Å². The topological polar surface area (TPSA) is 58.4 Å². The molecule has 1 rings (SSSR count). The third-order valence-corrected chi connectivity index (χ3v) is 2.61. The van der Waals surface area contributed by atoms with E-state index in [-0.39, 0.29) is 12.5 Å². The highest BCUT2D eigenvalue weighted by Crippen LogP contribution is 2.16. The van der Waals surface area contributed by atoms with Crippen LogP contribution in [0.15, 0.2) is 24.3 Å². The fraction of sp³-hybridized carbons (Fsp3) is 0.500. The van der Waals surface area contributed by atoms with Gasteiger partial charge in [0, 0.05) is 18.8 Å². The molecule has 1 aromatic rings. The Balaban J connectivity index is 2.80. The summed E-state index contributed by atoms with van der Waals surface area (Å²) in [5.41, 5.74) is 7.56. The number of carbonyl (C=O) groups is 1. The third kappa shape index (κ3) is 4.75. The van der Waals surface area contributed by atoms with Gasteiger partial charge in [0.2, 0.25) is 5.91 Å². The van der Waals surface area contributed by atoms with Crippen molar-refractivity contribution in [1.29, 1.82) is 0 Å². The fourth-order valence-electron chi connectivity index (χ4n) is 1.92. The molecule has 100 valence electrons. The zero-order valence-corrected chi connectivity index (χ0v) is 11.4. The largest absolute Gasteiger partial charge is 0.368 e. The van der Waals surface area contributed by atoms with Crippen LogP contribution in [0.4, 0.5) is 5.69 Å². The van der Waals surface area contributed by atoms with E-state index in [1.807, 2.05) is 24.1 Å². The van der Waals surface area contributed by atoms with Gasteiger partial charge in [0.25, 0.3) is 0 Å². The molecule has 0 aliphatic rings. The third-order valence-electron chi connectivity index (χ3n) is 2.61. The minimum atomic E-state index is -0.296. The lowest BCUT2D eigenvalue weighted by Gasteiger charge is -2.25. The average molecular weight is 249 g/mol. The van der Waals surface area contributed by atoms with E-state index in [4.69, 9.17) is 5.73 Å². The molecular formula is C14H23N3O. The second-order valence-corrected chi connectivity index (χ2v) is 4.94. The van der Waals surface area contributed by atoms with E-state index in [1.54, 1.807) is 0 Å². The van der Waals surface area contributed by atoms with Crippen LogP contribution in [0.1, 0.15) is 19.4 Å². The van der Waals surface area contributed by atoms with Crippen LogP contribution in [0.5, 0.6) is 0 Å². The second kappa shape index (κ2) is 7.01. The number of carbonyl (C=O) groups excluding carboxylic acids is 1. The predicted molar refractivity (Wildman–Crippen MR) is 75.5 cm³/mol. The zero-order valence-electron chi connectivity index (χ0n) is 11.4. The van der Waals surface area contributed by atoms with Gasteiger partial charge in [-0.3, -0.25) is 4.79 Å². The van der Waals surface area contributed by atoms with Gasteiger partial charge in [-0.2, -0.15) is 0 Å². The minimum absolute atomic E-state index is 0.267. The molecule has 0 heterocycles. The molecule has 4 heteroatoms. The number of nitrogens with zero attached hydrogens (tertiary/aromatic N) is 1. The fourth-order valence-corrected chi connectivity index (χ4v) is 1.92. The molecular weight excluding hydrogens is 226 g/mol. The van der Waals surface area contributed by atoms with Gasteiger partial charge >= 0.3 is 0 Å². The van der Waals surface area contributed by atoms with E-state index in [0.717, 1.165) is 18.8 Å². The number of hydrogen-bond acceptors (Lipinski definition) is 3. The van der Waals surface area contributed by atoms with Crippen molar-refractivity contribution in [2.45, 2.75) is 20.4 Å². The normalized spacial score (nSPS) is 10.7. The Labute approximate surface area is 109 Å². The summed E-state index contributed by atoms with van der Waals surface area (Å²) in [7, 11) is 1.92. The van der Waals surface area contributed by atoms with Gasteiger partial charge in [0.1, 0.15) is 0 Å². The van der Waals surface area contributed by atoms with Crippen molar-refractivity contribution in [2.75, 3.05) is 25.0 Å². The van der Waals surface area contributed by atoms with Crippen molar-refractivity contribution in [1.82, 2.24) is 5.32 Å². The summed E-state index contributed by atoms with van der Waals surface area (Å²) in [5, 5.41) is 3.11. The lowest BCUT2D eigenvalue weighted by Crippen LogP contribution is -2.36. The average Bonchev–Trinajstić information content (AvgIpc) is 2.28. The van der Waals surface area contributed by atoms with Crippen LogP contribution in [0.2, 0.25) is 0 Å². The van der Waals surface area contributed by atoms with E-state index >= 15 is 0 Å². The first-order valence-corrected chi connectivity index (χ1v) is 6.29. The van der Waals surface area contributed by atoms with E-state index < -0.39 is 0 Å². The number of amides is 1. The molecule has 0 aliphatic heterocycles. The van der Waals surface area contributed by atoms with E-state index in [1.165, 1.54) is 5.56 Å². The standard InChI is InChI=1S/C14H23N3O/c1-11(2)9-17(10-14(15)18)13-6-4-12(5-7-13)8-16-3/h4-7,11,16H,8-10H2,1-3H3,(H2,15,18). The van der Waals surface area contributed by atoms with Crippen molar-refractivity contribution in [2.24, 2.45) is 11.7 Å². The quantitative estimate of drug-likeness (QED) is 0.767. The summed E-state index contributed by atoms with van der Waals surface area (Å²) >= 11 is 0. The molecule has 1 aromatic carbocycles. The molecule has 3 N–H and O–H groups in total. The van der Waals surface area contributed by atoms with Crippen LogP contribution < -0.4 is 16.0 Å². The molecule has 0 aromatic heterocycles. The number of rotatable bonds is 7. The monoisotopic (exact) mass is 249 g/mol. The first-order chi connectivity index (χ1) is 8.52. The number of nitrogens with one attached hydrogen (secondary N) is 1. The van der Waals surface area contributed by atoms with Crippen molar-refractivity contribution >= 4 is 11.6 Å². The van der Waals surface area contributed by atoms with Gasteiger partial charge < -0.3 is 16.0 Å². The maximum atomic E-state index is 11.1. The molecule has 0 fully saturated rings.